The van der Waals surface area contributed by atoms with Crippen molar-refractivity contribution in [1.82, 2.24) is 10.6 Å². The van der Waals surface area contributed by atoms with E-state index in [0.717, 1.165) is 0 Å². The molecule has 0 aromatic carbocycles. The average Bonchev–Trinajstić information content (AvgIpc) is 2.42. The van der Waals surface area contributed by atoms with Gasteiger partial charge in [-0.3, -0.25) is 14.9 Å². The highest BCUT2D eigenvalue weighted by molar-refractivity contribution is 5.83. The molecule has 1 aliphatic heterocycles. The van der Waals surface area contributed by atoms with E-state index >= 15 is 0 Å². The van der Waals surface area contributed by atoms with Gasteiger partial charge in [0.15, 0.2) is 0 Å². The number of rotatable bonds is 3. The first-order valence-electron chi connectivity index (χ1n) is 4.26. The van der Waals surface area contributed by atoms with E-state index < -0.39 is 0 Å². The van der Waals surface area contributed by atoms with Crippen molar-refractivity contribution >= 4 is 11.9 Å². The molecule has 2 N–H and O–H groups in total. The maximum atomic E-state index is 11.0. The molecule has 0 aromatic rings. The van der Waals surface area contributed by atoms with E-state index in [0.29, 0.717) is 12.8 Å². The lowest BCUT2D eigenvalue weighted by atomic mass is 10.2. The standard InChI is InChI=1S/C8H14N2O3/c1-5-8(12)10-6(9-5)3-4-7(11)13-2/h5-6,9H,3-4H2,1-2H3,(H,10,12)/t5-,6?/m0/s1. The Morgan fingerprint density at radius 2 is 2.31 bits per heavy atom. The van der Waals surface area contributed by atoms with E-state index in [4.69, 9.17) is 0 Å². The number of amides is 1. The quantitative estimate of drug-likeness (QED) is 0.576. The summed E-state index contributed by atoms with van der Waals surface area (Å²) in [5.41, 5.74) is 0. The number of carbonyl (C=O) groups is 2. The van der Waals surface area contributed by atoms with Crippen molar-refractivity contribution in [2.24, 2.45) is 0 Å². The Balaban J connectivity index is 2.24. The summed E-state index contributed by atoms with van der Waals surface area (Å²) < 4.78 is 4.48. The molecule has 1 fully saturated rings. The van der Waals surface area contributed by atoms with Crippen LogP contribution in [0.4, 0.5) is 0 Å². The number of hydrogen-bond acceptors (Lipinski definition) is 4. The molecule has 2 atom stereocenters. The van der Waals surface area contributed by atoms with Gasteiger partial charge in [0.1, 0.15) is 0 Å². The minimum Gasteiger partial charge on any atom is -0.469 e. The first-order valence-corrected chi connectivity index (χ1v) is 4.26. The van der Waals surface area contributed by atoms with Crippen LogP contribution in [0, 0.1) is 0 Å². The number of ether oxygens (including phenoxy) is 1. The van der Waals surface area contributed by atoms with Crippen molar-refractivity contribution in [3.63, 3.8) is 0 Å². The Kier molecular flexibility index (Phi) is 3.25. The molecule has 0 bridgehead atoms. The summed E-state index contributed by atoms with van der Waals surface area (Å²) in [6.45, 7) is 1.79. The number of methoxy groups -OCH3 is 1. The lowest BCUT2D eigenvalue weighted by molar-refractivity contribution is -0.141. The van der Waals surface area contributed by atoms with E-state index in [9.17, 15) is 9.59 Å². The second-order valence-corrected chi connectivity index (χ2v) is 3.06. The fraction of sp³-hybridized carbons (Fsp3) is 0.750. The second-order valence-electron chi connectivity index (χ2n) is 3.06. The van der Waals surface area contributed by atoms with Gasteiger partial charge in [-0.15, -0.1) is 0 Å². The SMILES string of the molecule is COC(=O)CCC1NC(=O)[C@H](C)N1. The molecular formula is C8H14N2O3. The van der Waals surface area contributed by atoms with Gasteiger partial charge in [-0.2, -0.15) is 0 Å². The Bertz CT molecular complexity index is 217. The van der Waals surface area contributed by atoms with Crippen molar-refractivity contribution in [3.8, 4) is 0 Å². The zero-order valence-electron chi connectivity index (χ0n) is 7.79. The largest absolute Gasteiger partial charge is 0.469 e. The smallest absolute Gasteiger partial charge is 0.305 e. The highest BCUT2D eigenvalue weighted by Gasteiger charge is 2.27. The summed E-state index contributed by atoms with van der Waals surface area (Å²) in [6.07, 6.45) is 0.797. The molecule has 0 spiro atoms. The van der Waals surface area contributed by atoms with Gasteiger partial charge in [-0.1, -0.05) is 0 Å². The maximum Gasteiger partial charge on any atom is 0.305 e. The van der Waals surface area contributed by atoms with Crippen molar-refractivity contribution in [1.29, 1.82) is 0 Å². The molecule has 13 heavy (non-hydrogen) atoms. The van der Waals surface area contributed by atoms with E-state index in [1.807, 2.05) is 0 Å². The molecule has 0 aromatic heterocycles. The van der Waals surface area contributed by atoms with Crippen LogP contribution in [0.5, 0.6) is 0 Å². The van der Waals surface area contributed by atoms with E-state index in [-0.39, 0.29) is 24.1 Å². The lowest BCUT2D eigenvalue weighted by Gasteiger charge is -2.08. The van der Waals surface area contributed by atoms with Crippen LogP contribution < -0.4 is 10.6 Å². The minimum atomic E-state index is -0.254. The third kappa shape index (κ3) is 2.69. The molecule has 0 aliphatic carbocycles. The molecule has 1 aliphatic rings. The predicted octanol–water partition coefficient (Wildman–Crippen LogP) is -0.626. The van der Waals surface area contributed by atoms with Crippen LogP contribution in [-0.2, 0) is 14.3 Å². The Hall–Kier alpha value is -1.10. The van der Waals surface area contributed by atoms with E-state index in [1.54, 1.807) is 6.92 Å². The van der Waals surface area contributed by atoms with Gasteiger partial charge >= 0.3 is 5.97 Å². The summed E-state index contributed by atoms with van der Waals surface area (Å²) in [6, 6.07) is -0.164. The normalized spacial score (nSPS) is 27.1. The van der Waals surface area contributed by atoms with Crippen LogP contribution in [0.1, 0.15) is 19.8 Å². The average molecular weight is 186 g/mol. The molecule has 5 nitrogen and oxygen atoms in total. The topological polar surface area (TPSA) is 67.4 Å². The predicted molar refractivity (Wildman–Crippen MR) is 45.8 cm³/mol. The van der Waals surface area contributed by atoms with Gasteiger partial charge in [0.2, 0.25) is 5.91 Å². The molecular weight excluding hydrogens is 172 g/mol. The van der Waals surface area contributed by atoms with Gasteiger partial charge in [0, 0.05) is 6.42 Å². The summed E-state index contributed by atoms with van der Waals surface area (Å²) in [5, 5.41) is 5.74. The molecule has 1 heterocycles. The van der Waals surface area contributed by atoms with Gasteiger partial charge in [-0.05, 0) is 13.3 Å². The van der Waals surface area contributed by atoms with Gasteiger partial charge in [-0.25, -0.2) is 0 Å². The lowest BCUT2D eigenvalue weighted by Crippen LogP contribution is -2.33. The summed E-state index contributed by atoms with van der Waals surface area (Å²) >= 11 is 0. The summed E-state index contributed by atoms with van der Waals surface area (Å²) in [7, 11) is 1.35. The monoisotopic (exact) mass is 186 g/mol. The van der Waals surface area contributed by atoms with E-state index in [1.165, 1.54) is 7.11 Å². The molecule has 1 rings (SSSR count). The molecule has 5 heteroatoms. The van der Waals surface area contributed by atoms with Crippen LogP contribution >= 0.6 is 0 Å². The second kappa shape index (κ2) is 4.23. The van der Waals surface area contributed by atoms with Crippen LogP contribution in [0.2, 0.25) is 0 Å². The van der Waals surface area contributed by atoms with Crippen molar-refractivity contribution < 1.29 is 14.3 Å². The fourth-order valence-corrected chi connectivity index (χ4v) is 1.24. The highest BCUT2D eigenvalue weighted by Crippen LogP contribution is 2.03. The van der Waals surface area contributed by atoms with Gasteiger partial charge in [0.05, 0.1) is 19.3 Å². The molecule has 1 amide bonds. The Morgan fingerprint density at radius 3 is 2.77 bits per heavy atom. The molecule has 1 saturated heterocycles. The zero-order chi connectivity index (χ0) is 9.84. The van der Waals surface area contributed by atoms with Crippen LogP contribution in [0.15, 0.2) is 0 Å². The number of esters is 1. The minimum absolute atomic E-state index is 0.0186. The first-order chi connectivity index (χ1) is 6.13. The van der Waals surface area contributed by atoms with Crippen LogP contribution in [0.25, 0.3) is 0 Å². The Morgan fingerprint density at radius 1 is 1.62 bits per heavy atom. The molecule has 1 unspecified atom stereocenters. The summed E-state index contributed by atoms with van der Waals surface area (Å²) in [5.74, 6) is -0.273. The van der Waals surface area contributed by atoms with Gasteiger partial charge < -0.3 is 10.1 Å². The number of hydrogen-bond donors (Lipinski definition) is 2. The van der Waals surface area contributed by atoms with Crippen LogP contribution in [-0.4, -0.2) is 31.2 Å². The first kappa shape index (κ1) is 9.98. The maximum absolute atomic E-state index is 11.0. The Labute approximate surface area is 76.8 Å². The molecule has 0 radical (unpaired) electrons. The molecule has 74 valence electrons. The zero-order valence-corrected chi connectivity index (χ0v) is 7.79. The van der Waals surface area contributed by atoms with Crippen molar-refractivity contribution in [2.45, 2.75) is 32.0 Å². The van der Waals surface area contributed by atoms with E-state index in [2.05, 4.69) is 15.4 Å². The number of carbonyl (C=O) groups excluding carboxylic acids is 2. The number of nitrogens with one attached hydrogen (secondary N) is 2. The molecule has 0 saturated carbocycles. The van der Waals surface area contributed by atoms with Crippen molar-refractivity contribution in [2.75, 3.05) is 7.11 Å². The third-order valence-electron chi connectivity index (χ3n) is 2.03. The highest BCUT2D eigenvalue weighted by atomic mass is 16.5. The van der Waals surface area contributed by atoms with Crippen molar-refractivity contribution in [3.05, 3.63) is 0 Å². The summed E-state index contributed by atoms with van der Waals surface area (Å²) in [4.78, 5) is 21.8. The third-order valence-corrected chi connectivity index (χ3v) is 2.03. The fourth-order valence-electron chi connectivity index (χ4n) is 1.24. The van der Waals surface area contributed by atoms with Crippen LogP contribution in [0.3, 0.4) is 0 Å². The van der Waals surface area contributed by atoms with Gasteiger partial charge in [0.25, 0.3) is 0 Å².